The molecular weight excluding hydrogens is 334 g/mol. The Kier molecular flexibility index (Phi) is 4.27. The van der Waals surface area contributed by atoms with Crippen LogP contribution in [0.5, 0.6) is 0 Å². The summed E-state index contributed by atoms with van der Waals surface area (Å²) < 4.78 is 8.12. The molecule has 0 aliphatic rings. The standard InChI is InChI=1S/C15H20BrN3O2/c1-6-11-13(18-14(20)21-15(3,4)5)19-8-10(16)7-9(2)12(19)17-11/h7-8H,6H2,1-5H3,(H,18,20). The van der Waals surface area contributed by atoms with E-state index in [-0.39, 0.29) is 0 Å². The number of ether oxygens (including phenoxy) is 1. The van der Waals surface area contributed by atoms with Crippen LogP contribution in [-0.4, -0.2) is 21.1 Å². The van der Waals surface area contributed by atoms with Crippen molar-refractivity contribution in [1.29, 1.82) is 0 Å². The number of amides is 1. The molecule has 0 aliphatic heterocycles. The van der Waals surface area contributed by atoms with Crippen LogP contribution in [0.15, 0.2) is 16.7 Å². The van der Waals surface area contributed by atoms with Crippen molar-refractivity contribution in [3.05, 3.63) is 28.0 Å². The monoisotopic (exact) mass is 353 g/mol. The van der Waals surface area contributed by atoms with E-state index in [1.54, 1.807) is 0 Å². The van der Waals surface area contributed by atoms with Crippen molar-refractivity contribution in [1.82, 2.24) is 9.38 Å². The van der Waals surface area contributed by atoms with Crippen molar-refractivity contribution in [2.24, 2.45) is 0 Å². The zero-order valence-electron chi connectivity index (χ0n) is 13.0. The van der Waals surface area contributed by atoms with Gasteiger partial charge in [0.1, 0.15) is 17.1 Å². The second-order valence-corrected chi connectivity index (χ2v) is 6.84. The maximum Gasteiger partial charge on any atom is 0.413 e. The van der Waals surface area contributed by atoms with Gasteiger partial charge >= 0.3 is 6.09 Å². The summed E-state index contributed by atoms with van der Waals surface area (Å²) >= 11 is 3.47. The van der Waals surface area contributed by atoms with Crippen LogP contribution >= 0.6 is 15.9 Å². The highest BCUT2D eigenvalue weighted by atomic mass is 79.9. The van der Waals surface area contributed by atoms with E-state index < -0.39 is 11.7 Å². The smallest absolute Gasteiger partial charge is 0.413 e. The molecule has 1 amide bonds. The van der Waals surface area contributed by atoms with Crippen LogP contribution in [0.3, 0.4) is 0 Å². The van der Waals surface area contributed by atoms with Crippen LogP contribution in [-0.2, 0) is 11.2 Å². The van der Waals surface area contributed by atoms with Crippen LogP contribution in [0.1, 0.15) is 39.0 Å². The first-order valence-electron chi connectivity index (χ1n) is 6.88. The van der Waals surface area contributed by atoms with E-state index in [4.69, 9.17) is 4.74 Å². The number of hydrogen-bond donors (Lipinski definition) is 1. The summed E-state index contributed by atoms with van der Waals surface area (Å²) in [7, 11) is 0. The lowest BCUT2D eigenvalue weighted by Gasteiger charge is -2.19. The molecule has 0 fully saturated rings. The van der Waals surface area contributed by atoms with Crippen molar-refractivity contribution in [2.45, 2.75) is 46.6 Å². The zero-order valence-corrected chi connectivity index (χ0v) is 14.5. The maximum atomic E-state index is 12.0. The molecule has 2 heterocycles. The largest absolute Gasteiger partial charge is 0.444 e. The van der Waals surface area contributed by atoms with Gasteiger partial charge in [0.2, 0.25) is 0 Å². The molecule has 114 valence electrons. The molecule has 2 rings (SSSR count). The van der Waals surface area contributed by atoms with Gasteiger partial charge in [-0.05, 0) is 61.7 Å². The Labute approximate surface area is 132 Å². The highest BCUT2D eigenvalue weighted by Crippen LogP contribution is 2.25. The summed E-state index contributed by atoms with van der Waals surface area (Å²) in [5, 5.41) is 2.81. The van der Waals surface area contributed by atoms with Crippen LogP contribution < -0.4 is 5.32 Å². The Morgan fingerprint density at radius 3 is 2.71 bits per heavy atom. The third-order valence-electron chi connectivity index (χ3n) is 2.90. The van der Waals surface area contributed by atoms with Crippen molar-refractivity contribution >= 4 is 33.5 Å². The van der Waals surface area contributed by atoms with Crippen molar-refractivity contribution in [2.75, 3.05) is 5.32 Å². The lowest BCUT2D eigenvalue weighted by Crippen LogP contribution is -2.27. The molecule has 2 aromatic heterocycles. The predicted octanol–water partition coefficient (Wildman–Crippen LogP) is 4.31. The lowest BCUT2D eigenvalue weighted by atomic mass is 10.2. The zero-order chi connectivity index (χ0) is 15.8. The highest BCUT2D eigenvalue weighted by molar-refractivity contribution is 9.10. The Morgan fingerprint density at radius 1 is 1.48 bits per heavy atom. The number of nitrogens with zero attached hydrogens (tertiary/aromatic N) is 2. The molecule has 0 saturated carbocycles. The summed E-state index contributed by atoms with van der Waals surface area (Å²) in [6, 6.07) is 2.00. The van der Waals surface area contributed by atoms with E-state index in [1.807, 2.05) is 51.3 Å². The molecule has 0 atom stereocenters. The summed E-state index contributed by atoms with van der Waals surface area (Å²) in [5.41, 5.74) is 2.17. The molecular formula is C15H20BrN3O2. The Morgan fingerprint density at radius 2 is 2.14 bits per heavy atom. The van der Waals surface area contributed by atoms with E-state index in [0.717, 1.165) is 27.8 Å². The summed E-state index contributed by atoms with van der Waals surface area (Å²) in [6.07, 6.45) is 2.14. The summed E-state index contributed by atoms with van der Waals surface area (Å²) in [4.78, 5) is 16.6. The number of pyridine rings is 1. The van der Waals surface area contributed by atoms with E-state index in [1.165, 1.54) is 0 Å². The number of aryl methyl sites for hydroxylation is 2. The predicted molar refractivity (Wildman–Crippen MR) is 86.9 cm³/mol. The van der Waals surface area contributed by atoms with E-state index in [2.05, 4.69) is 26.2 Å². The minimum Gasteiger partial charge on any atom is -0.444 e. The van der Waals surface area contributed by atoms with E-state index >= 15 is 0 Å². The number of hydrogen-bond acceptors (Lipinski definition) is 3. The average molecular weight is 354 g/mol. The third kappa shape index (κ3) is 3.56. The Bertz CT molecular complexity index is 686. The Balaban J connectivity index is 2.45. The van der Waals surface area contributed by atoms with Crippen LogP contribution in [0.2, 0.25) is 0 Å². The van der Waals surface area contributed by atoms with Gasteiger partial charge in [-0.3, -0.25) is 9.72 Å². The average Bonchev–Trinajstić information content (AvgIpc) is 2.65. The number of carbonyl (C=O) groups is 1. The van der Waals surface area contributed by atoms with Gasteiger partial charge in [0.05, 0.1) is 5.69 Å². The molecule has 2 aromatic rings. The van der Waals surface area contributed by atoms with Crippen molar-refractivity contribution in [3.63, 3.8) is 0 Å². The number of imidazole rings is 1. The van der Waals surface area contributed by atoms with Crippen LogP contribution in [0.25, 0.3) is 5.65 Å². The second-order valence-electron chi connectivity index (χ2n) is 5.92. The number of aromatic nitrogens is 2. The molecule has 5 nitrogen and oxygen atoms in total. The van der Waals surface area contributed by atoms with Gasteiger partial charge in [-0.25, -0.2) is 9.78 Å². The summed E-state index contributed by atoms with van der Waals surface area (Å²) in [5.74, 6) is 0.658. The van der Waals surface area contributed by atoms with Gasteiger partial charge in [-0.1, -0.05) is 6.92 Å². The quantitative estimate of drug-likeness (QED) is 0.874. The number of fused-ring (bicyclic) bond motifs is 1. The molecule has 0 aliphatic carbocycles. The number of carbonyl (C=O) groups excluding carboxylic acids is 1. The number of nitrogens with one attached hydrogen (secondary N) is 1. The minimum atomic E-state index is -0.534. The van der Waals surface area contributed by atoms with Gasteiger partial charge in [-0.2, -0.15) is 0 Å². The van der Waals surface area contributed by atoms with Crippen molar-refractivity contribution in [3.8, 4) is 0 Å². The fraction of sp³-hybridized carbons (Fsp3) is 0.467. The molecule has 0 spiro atoms. The first-order valence-corrected chi connectivity index (χ1v) is 7.67. The SMILES string of the molecule is CCc1nc2c(C)cc(Br)cn2c1NC(=O)OC(C)(C)C. The normalized spacial score (nSPS) is 11.7. The topological polar surface area (TPSA) is 55.6 Å². The number of halogens is 1. The third-order valence-corrected chi connectivity index (χ3v) is 3.33. The lowest BCUT2D eigenvalue weighted by molar-refractivity contribution is 0.0635. The molecule has 0 bridgehead atoms. The fourth-order valence-corrected chi connectivity index (χ4v) is 2.64. The molecule has 0 unspecified atom stereocenters. The number of anilines is 1. The maximum absolute atomic E-state index is 12.0. The first-order chi connectivity index (χ1) is 9.71. The summed E-state index contributed by atoms with van der Waals surface area (Å²) in [6.45, 7) is 9.50. The Hall–Kier alpha value is -1.56. The van der Waals surface area contributed by atoms with Gasteiger partial charge in [0.25, 0.3) is 0 Å². The minimum absolute atomic E-state index is 0.475. The van der Waals surface area contributed by atoms with Gasteiger partial charge in [-0.15, -0.1) is 0 Å². The van der Waals surface area contributed by atoms with Gasteiger partial charge in [0, 0.05) is 10.7 Å². The molecule has 0 aromatic carbocycles. The number of rotatable bonds is 2. The van der Waals surface area contributed by atoms with Crippen LogP contribution in [0.4, 0.5) is 10.6 Å². The fourth-order valence-electron chi connectivity index (χ4n) is 2.09. The van der Waals surface area contributed by atoms with Crippen LogP contribution in [0, 0.1) is 6.92 Å². The molecule has 0 saturated heterocycles. The van der Waals surface area contributed by atoms with Crippen molar-refractivity contribution < 1.29 is 9.53 Å². The second kappa shape index (κ2) is 5.67. The molecule has 21 heavy (non-hydrogen) atoms. The van der Waals surface area contributed by atoms with E-state index in [0.29, 0.717) is 5.82 Å². The first kappa shape index (κ1) is 15.8. The molecule has 1 N–H and O–H groups in total. The molecule has 0 radical (unpaired) electrons. The van der Waals surface area contributed by atoms with Gasteiger partial charge in [0.15, 0.2) is 0 Å². The highest BCUT2D eigenvalue weighted by Gasteiger charge is 2.20. The molecule has 6 heteroatoms. The van der Waals surface area contributed by atoms with Gasteiger partial charge < -0.3 is 4.74 Å². The van der Waals surface area contributed by atoms with E-state index in [9.17, 15) is 4.79 Å².